The molecule has 1 heterocycles. The average Bonchev–Trinajstić information content (AvgIpc) is 2.50. The summed E-state index contributed by atoms with van der Waals surface area (Å²) in [7, 11) is -3.74. The van der Waals surface area contributed by atoms with Gasteiger partial charge in [0.1, 0.15) is 13.2 Å². The Bertz CT molecular complexity index is 826. The van der Waals surface area contributed by atoms with Crippen molar-refractivity contribution in [2.24, 2.45) is 0 Å². The fraction of sp³-hybridized carbons (Fsp3) is 0.143. The summed E-state index contributed by atoms with van der Waals surface area (Å²) in [5, 5.41) is 0.419. The van der Waals surface area contributed by atoms with Gasteiger partial charge in [0.2, 0.25) is 0 Å². The van der Waals surface area contributed by atoms with Crippen LogP contribution in [0.4, 0.5) is 5.69 Å². The summed E-state index contributed by atoms with van der Waals surface area (Å²) in [6.07, 6.45) is 0. The van der Waals surface area contributed by atoms with E-state index in [-0.39, 0.29) is 4.90 Å². The summed E-state index contributed by atoms with van der Waals surface area (Å²) < 4.78 is 38.8. The van der Waals surface area contributed by atoms with Gasteiger partial charge in [-0.15, -0.1) is 0 Å². The van der Waals surface area contributed by atoms with Crippen LogP contribution in [0, 0.1) is 0 Å². The van der Waals surface area contributed by atoms with Crippen molar-refractivity contribution in [3.05, 3.63) is 45.9 Å². The Balaban J connectivity index is 1.90. The van der Waals surface area contributed by atoms with Crippen LogP contribution in [0.1, 0.15) is 0 Å². The standard InChI is InChI=1S/C14H11BrClNO4S/c15-11-3-1-9(7-12(11)16)17-22(18,19)10-2-4-13-14(8-10)21-6-5-20-13/h1-4,7-8,17H,5-6H2. The number of rotatable bonds is 3. The minimum Gasteiger partial charge on any atom is -0.486 e. The van der Waals surface area contributed by atoms with Crippen LogP contribution in [0.15, 0.2) is 45.8 Å². The van der Waals surface area contributed by atoms with Crippen LogP contribution < -0.4 is 14.2 Å². The molecule has 0 bridgehead atoms. The summed E-state index contributed by atoms with van der Waals surface area (Å²) in [5.41, 5.74) is 0.378. The van der Waals surface area contributed by atoms with Crippen molar-refractivity contribution < 1.29 is 17.9 Å². The molecular formula is C14H11BrClNO4S. The third kappa shape index (κ3) is 3.16. The molecular weight excluding hydrogens is 394 g/mol. The molecule has 0 atom stereocenters. The molecule has 0 saturated heterocycles. The normalized spacial score (nSPS) is 13.7. The van der Waals surface area contributed by atoms with Crippen molar-refractivity contribution in [2.45, 2.75) is 4.90 Å². The molecule has 5 nitrogen and oxygen atoms in total. The Kier molecular flexibility index (Phi) is 4.20. The van der Waals surface area contributed by atoms with Crippen molar-refractivity contribution in [1.82, 2.24) is 0 Å². The molecule has 1 aliphatic rings. The minimum absolute atomic E-state index is 0.0933. The van der Waals surface area contributed by atoms with E-state index in [9.17, 15) is 8.42 Å². The van der Waals surface area contributed by atoms with Gasteiger partial charge in [0.15, 0.2) is 11.5 Å². The second-order valence-corrected chi connectivity index (χ2v) is 7.48. The SMILES string of the molecule is O=S(=O)(Nc1ccc(Br)c(Cl)c1)c1ccc2c(c1)OCCO2. The molecule has 0 aromatic heterocycles. The van der Waals surface area contributed by atoms with Gasteiger partial charge in [-0.05, 0) is 46.3 Å². The molecule has 2 aromatic carbocycles. The lowest BCUT2D eigenvalue weighted by Gasteiger charge is -2.19. The number of nitrogens with one attached hydrogen (secondary N) is 1. The number of sulfonamides is 1. The lowest BCUT2D eigenvalue weighted by atomic mass is 10.3. The van der Waals surface area contributed by atoms with Crippen molar-refractivity contribution in [2.75, 3.05) is 17.9 Å². The van der Waals surface area contributed by atoms with E-state index in [0.29, 0.717) is 39.9 Å². The zero-order valence-electron chi connectivity index (χ0n) is 11.2. The van der Waals surface area contributed by atoms with Gasteiger partial charge in [0, 0.05) is 10.5 Å². The highest BCUT2D eigenvalue weighted by atomic mass is 79.9. The molecule has 0 spiro atoms. The third-order valence-electron chi connectivity index (χ3n) is 3.00. The van der Waals surface area contributed by atoms with Crippen LogP contribution in [0.2, 0.25) is 5.02 Å². The Morgan fingerprint density at radius 2 is 1.77 bits per heavy atom. The first-order valence-corrected chi connectivity index (χ1v) is 8.99. The first-order chi connectivity index (χ1) is 10.5. The van der Waals surface area contributed by atoms with Gasteiger partial charge in [-0.1, -0.05) is 11.6 Å². The maximum atomic E-state index is 12.4. The first kappa shape index (κ1) is 15.5. The van der Waals surface area contributed by atoms with Crippen molar-refractivity contribution in [1.29, 1.82) is 0 Å². The first-order valence-electron chi connectivity index (χ1n) is 6.33. The molecule has 0 amide bonds. The number of ether oxygens (including phenoxy) is 2. The van der Waals surface area contributed by atoms with Crippen LogP contribution >= 0.6 is 27.5 Å². The van der Waals surface area contributed by atoms with Crippen LogP contribution in [-0.2, 0) is 10.0 Å². The molecule has 3 rings (SSSR count). The zero-order valence-corrected chi connectivity index (χ0v) is 14.3. The molecule has 8 heteroatoms. The van der Waals surface area contributed by atoms with E-state index in [2.05, 4.69) is 20.7 Å². The maximum absolute atomic E-state index is 12.4. The Morgan fingerprint density at radius 1 is 1.05 bits per heavy atom. The fourth-order valence-corrected chi connectivity index (χ4v) is 3.46. The highest BCUT2D eigenvalue weighted by molar-refractivity contribution is 9.10. The van der Waals surface area contributed by atoms with E-state index in [1.165, 1.54) is 18.2 Å². The molecule has 1 N–H and O–H groups in total. The van der Waals surface area contributed by atoms with E-state index in [1.807, 2.05) is 0 Å². The van der Waals surface area contributed by atoms with Gasteiger partial charge in [-0.2, -0.15) is 0 Å². The number of halogens is 2. The zero-order chi connectivity index (χ0) is 15.7. The second-order valence-electron chi connectivity index (χ2n) is 4.54. The average molecular weight is 405 g/mol. The second kappa shape index (κ2) is 5.98. The predicted molar refractivity (Wildman–Crippen MR) is 87.4 cm³/mol. The van der Waals surface area contributed by atoms with Gasteiger partial charge in [-0.3, -0.25) is 4.72 Å². The van der Waals surface area contributed by atoms with Crippen molar-refractivity contribution in [3.8, 4) is 11.5 Å². The van der Waals surface area contributed by atoms with Gasteiger partial charge < -0.3 is 9.47 Å². The van der Waals surface area contributed by atoms with E-state index in [4.69, 9.17) is 21.1 Å². The molecule has 0 aliphatic carbocycles. The number of benzene rings is 2. The van der Waals surface area contributed by atoms with Gasteiger partial charge in [-0.25, -0.2) is 8.42 Å². The molecule has 0 unspecified atom stereocenters. The highest BCUT2D eigenvalue weighted by Crippen LogP contribution is 2.33. The Morgan fingerprint density at radius 3 is 2.50 bits per heavy atom. The summed E-state index contributed by atoms with van der Waals surface area (Å²) in [4.78, 5) is 0.0933. The predicted octanol–water partition coefficient (Wildman–Crippen LogP) is 3.67. The monoisotopic (exact) mass is 403 g/mol. The largest absolute Gasteiger partial charge is 0.486 e. The van der Waals surface area contributed by atoms with Crippen LogP contribution in [-0.4, -0.2) is 21.6 Å². The lowest BCUT2D eigenvalue weighted by molar-refractivity contribution is 0.171. The maximum Gasteiger partial charge on any atom is 0.262 e. The van der Waals surface area contributed by atoms with E-state index < -0.39 is 10.0 Å². The molecule has 22 heavy (non-hydrogen) atoms. The van der Waals surface area contributed by atoms with Gasteiger partial charge in [0.05, 0.1) is 15.6 Å². The van der Waals surface area contributed by atoms with E-state index >= 15 is 0 Å². The number of hydrogen-bond donors (Lipinski definition) is 1. The molecule has 2 aromatic rings. The van der Waals surface area contributed by atoms with Crippen molar-refractivity contribution >= 4 is 43.2 Å². The summed E-state index contributed by atoms with van der Waals surface area (Å²) >= 11 is 9.22. The van der Waals surface area contributed by atoms with Crippen LogP contribution in [0.5, 0.6) is 11.5 Å². The number of fused-ring (bicyclic) bond motifs is 1. The minimum atomic E-state index is -3.74. The topological polar surface area (TPSA) is 64.6 Å². The molecule has 1 aliphatic heterocycles. The third-order valence-corrected chi connectivity index (χ3v) is 5.61. The summed E-state index contributed by atoms with van der Waals surface area (Å²) in [6.45, 7) is 0.848. The smallest absolute Gasteiger partial charge is 0.262 e. The highest BCUT2D eigenvalue weighted by Gasteiger charge is 2.19. The number of hydrogen-bond acceptors (Lipinski definition) is 4. The van der Waals surface area contributed by atoms with E-state index in [0.717, 1.165) is 0 Å². The molecule has 116 valence electrons. The van der Waals surface area contributed by atoms with Gasteiger partial charge in [0.25, 0.3) is 10.0 Å². The van der Waals surface area contributed by atoms with Crippen molar-refractivity contribution in [3.63, 3.8) is 0 Å². The van der Waals surface area contributed by atoms with Crippen LogP contribution in [0.3, 0.4) is 0 Å². The number of anilines is 1. The fourth-order valence-electron chi connectivity index (χ4n) is 1.96. The van der Waals surface area contributed by atoms with E-state index in [1.54, 1.807) is 18.2 Å². The Labute approximate surface area is 141 Å². The van der Waals surface area contributed by atoms with Crippen LogP contribution in [0.25, 0.3) is 0 Å². The van der Waals surface area contributed by atoms with Gasteiger partial charge >= 0.3 is 0 Å². The summed E-state index contributed by atoms with van der Waals surface area (Å²) in [5.74, 6) is 0.958. The quantitative estimate of drug-likeness (QED) is 0.847. The summed E-state index contributed by atoms with van der Waals surface area (Å²) in [6, 6.07) is 9.31. The molecule has 0 fully saturated rings. The Hall–Kier alpha value is -1.44. The molecule has 0 saturated carbocycles. The molecule has 0 radical (unpaired) electrons. The lowest BCUT2D eigenvalue weighted by Crippen LogP contribution is -2.17.